The maximum absolute atomic E-state index is 11.4. The van der Waals surface area contributed by atoms with Crippen molar-refractivity contribution < 1.29 is 9.21 Å². The molecule has 2 rings (SSSR count). The monoisotopic (exact) mass is 272 g/mol. The van der Waals surface area contributed by atoms with E-state index in [1.54, 1.807) is 0 Å². The minimum atomic E-state index is 0.0880. The van der Waals surface area contributed by atoms with Gasteiger partial charge in [0.15, 0.2) is 5.89 Å². The Bertz CT molecular complexity index is 561. The number of oxazole rings is 1. The van der Waals surface area contributed by atoms with Gasteiger partial charge in [-0.25, -0.2) is 4.98 Å². The van der Waals surface area contributed by atoms with Crippen molar-refractivity contribution in [2.24, 2.45) is 0 Å². The molecule has 0 unspecified atom stereocenters. The Kier molecular flexibility index (Phi) is 4.93. The quantitative estimate of drug-likeness (QED) is 0.879. The first kappa shape index (κ1) is 14.3. The van der Waals surface area contributed by atoms with Crippen LogP contribution in [0.1, 0.15) is 31.4 Å². The normalized spacial score (nSPS) is 10.5. The van der Waals surface area contributed by atoms with E-state index in [9.17, 15) is 4.79 Å². The largest absolute Gasteiger partial charge is 0.445 e. The van der Waals surface area contributed by atoms with E-state index in [4.69, 9.17) is 4.42 Å². The van der Waals surface area contributed by atoms with Crippen molar-refractivity contribution in [2.75, 3.05) is 6.54 Å². The topological polar surface area (TPSA) is 55.1 Å². The molecule has 4 nitrogen and oxygen atoms in total. The molecule has 0 fully saturated rings. The minimum Gasteiger partial charge on any atom is -0.445 e. The SMILES string of the molecule is CCCC(=O)NCCc1oc(C)nc1-c1ccccc1. The molecule has 4 heteroatoms. The summed E-state index contributed by atoms with van der Waals surface area (Å²) in [6.07, 6.45) is 2.09. The lowest BCUT2D eigenvalue weighted by atomic mass is 10.1. The number of hydrogen-bond acceptors (Lipinski definition) is 3. The van der Waals surface area contributed by atoms with Gasteiger partial charge in [-0.1, -0.05) is 37.3 Å². The molecule has 20 heavy (non-hydrogen) atoms. The first-order chi connectivity index (χ1) is 9.70. The van der Waals surface area contributed by atoms with E-state index in [1.807, 2.05) is 44.2 Å². The predicted octanol–water partition coefficient (Wildman–Crippen LogP) is 3.11. The Balaban J connectivity index is 2.04. The van der Waals surface area contributed by atoms with Crippen LogP contribution in [0, 0.1) is 6.92 Å². The zero-order valence-corrected chi connectivity index (χ0v) is 12.0. The highest BCUT2D eigenvalue weighted by Gasteiger charge is 2.12. The maximum Gasteiger partial charge on any atom is 0.219 e. The summed E-state index contributed by atoms with van der Waals surface area (Å²) < 4.78 is 5.65. The lowest BCUT2D eigenvalue weighted by Crippen LogP contribution is -2.25. The highest BCUT2D eigenvalue weighted by molar-refractivity contribution is 5.75. The highest BCUT2D eigenvalue weighted by Crippen LogP contribution is 2.23. The zero-order chi connectivity index (χ0) is 14.4. The van der Waals surface area contributed by atoms with Crippen LogP contribution in [0.2, 0.25) is 0 Å². The molecule has 0 radical (unpaired) electrons. The number of carbonyl (C=O) groups is 1. The van der Waals surface area contributed by atoms with Crippen LogP contribution >= 0.6 is 0 Å². The highest BCUT2D eigenvalue weighted by atomic mass is 16.4. The van der Waals surface area contributed by atoms with Gasteiger partial charge in [-0.05, 0) is 6.42 Å². The summed E-state index contributed by atoms with van der Waals surface area (Å²) >= 11 is 0. The summed E-state index contributed by atoms with van der Waals surface area (Å²) in [5, 5.41) is 2.89. The number of nitrogens with zero attached hydrogens (tertiary/aromatic N) is 1. The fraction of sp³-hybridized carbons (Fsp3) is 0.375. The maximum atomic E-state index is 11.4. The van der Waals surface area contributed by atoms with E-state index in [-0.39, 0.29) is 5.91 Å². The van der Waals surface area contributed by atoms with E-state index >= 15 is 0 Å². The second-order valence-electron chi connectivity index (χ2n) is 4.72. The lowest BCUT2D eigenvalue weighted by molar-refractivity contribution is -0.121. The molecule has 1 aromatic carbocycles. The second-order valence-corrected chi connectivity index (χ2v) is 4.72. The number of nitrogens with one attached hydrogen (secondary N) is 1. The van der Waals surface area contributed by atoms with Gasteiger partial charge in [-0.15, -0.1) is 0 Å². The number of hydrogen-bond donors (Lipinski definition) is 1. The molecule has 0 bridgehead atoms. The zero-order valence-electron chi connectivity index (χ0n) is 12.0. The number of amides is 1. The summed E-state index contributed by atoms with van der Waals surface area (Å²) in [4.78, 5) is 15.9. The van der Waals surface area contributed by atoms with E-state index in [0.29, 0.717) is 25.3 Å². The molecule has 0 aliphatic rings. The Morgan fingerprint density at radius 2 is 2.05 bits per heavy atom. The predicted molar refractivity (Wildman–Crippen MR) is 78.3 cm³/mol. The van der Waals surface area contributed by atoms with Gasteiger partial charge in [-0.2, -0.15) is 0 Å². The summed E-state index contributed by atoms with van der Waals surface area (Å²) in [6.45, 7) is 4.41. The van der Waals surface area contributed by atoms with Gasteiger partial charge >= 0.3 is 0 Å². The molecule has 0 spiro atoms. The standard InChI is InChI=1S/C16H20N2O2/c1-3-7-15(19)17-11-10-14-16(18-12(2)20-14)13-8-5-4-6-9-13/h4-6,8-9H,3,7,10-11H2,1-2H3,(H,17,19). The third-order valence-corrected chi connectivity index (χ3v) is 3.00. The van der Waals surface area contributed by atoms with Gasteiger partial charge < -0.3 is 9.73 Å². The van der Waals surface area contributed by atoms with Crippen molar-refractivity contribution in [3.63, 3.8) is 0 Å². The molecule has 0 saturated heterocycles. The van der Waals surface area contributed by atoms with Gasteiger partial charge in [0.05, 0.1) is 0 Å². The van der Waals surface area contributed by atoms with E-state index in [2.05, 4.69) is 10.3 Å². The summed E-state index contributed by atoms with van der Waals surface area (Å²) in [5.41, 5.74) is 1.91. The molecule has 106 valence electrons. The molecule has 1 N–H and O–H groups in total. The smallest absolute Gasteiger partial charge is 0.219 e. The number of benzene rings is 1. The third-order valence-electron chi connectivity index (χ3n) is 3.00. The van der Waals surface area contributed by atoms with Crippen LogP contribution in [-0.4, -0.2) is 17.4 Å². The van der Waals surface area contributed by atoms with E-state index < -0.39 is 0 Å². The summed E-state index contributed by atoms with van der Waals surface area (Å²) in [5.74, 6) is 1.56. The number of aryl methyl sites for hydroxylation is 1. The van der Waals surface area contributed by atoms with Gasteiger partial charge in [0, 0.05) is 31.9 Å². The van der Waals surface area contributed by atoms with Crippen LogP contribution in [0.4, 0.5) is 0 Å². The molecular weight excluding hydrogens is 252 g/mol. The van der Waals surface area contributed by atoms with Crippen LogP contribution in [0.5, 0.6) is 0 Å². The molecule has 1 heterocycles. The van der Waals surface area contributed by atoms with Crippen LogP contribution in [0.25, 0.3) is 11.3 Å². The molecule has 2 aromatic rings. The van der Waals surface area contributed by atoms with Crippen LogP contribution in [0.3, 0.4) is 0 Å². The van der Waals surface area contributed by atoms with Crippen LogP contribution in [0.15, 0.2) is 34.7 Å². The molecule has 0 saturated carbocycles. The van der Waals surface area contributed by atoms with Crippen LogP contribution in [-0.2, 0) is 11.2 Å². The van der Waals surface area contributed by atoms with E-state index in [1.165, 1.54) is 0 Å². The Hall–Kier alpha value is -2.10. The number of rotatable bonds is 6. The van der Waals surface area contributed by atoms with Crippen molar-refractivity contribution in [1.82, 2.24) is 10.3 Å². The van der Waals surface area contributed by atoms with E-state index in [0.717, 1.165) is 23.4 Å². The third kappa shape index (κ3) is 3.70. The Labute approximate surface area is 119 Å². The number of carbonyl (C=O) groups excluding carboxylic acids is 1. The van der Waals surface area contributed by atoms with Crippen molar-refractivity contribution in [3.05, 3.63) is 42.0 Å². The minimum absolute atomic E-state index is 0.0880. The number of aromatic nitrogens is 1. The molecule has 0 aliphatic heterocycles. The molecule has 1 aromatic heterocycles. The van der Waals surface area contributed by atoms with Crippen molar-refractivity contribution in [3.8, 4) is 11.3 Å². The van der Waals surface area contributed by atoms with Gasteiger partial charge in [-0.3, -0.25) is 4.79 Å². The molecule has 0 atom stereocenters. The van der Waals surface area contributed by atoms with Gasteiger partial charge in [0.25, 0.3) is 0 Å². The lowest BCUT2D eigenvalue weighted by Gasteiger charge is -2.04. The van der Waals surface area contributed by atoms with Crippen molar-refractivity contribution in [2.45, 2.75) is 33.1 Å². The molecule has 0 aliphatic carbocycles. The Morgan fingerprint density at radius 1 is 1.30 bits per heavy atom. The van der Waals surface area contributed by atoms with Crippen molar-refractivity contribution in [1.29, 1.82) is 0 Å². The summed E-state index contributed by atoms with van der Waals surface area (Å²) in [7, 11) is 0. The second kappa shape index (κ2) is 6.89. The van der Waals surface area contributed by atoms with Crippen LogP contribution < -0.4 is 5.32 Å². The first-order valence-corrected chi connectivity index (χ1v) is 6.99. The molecule has 1 amide bonds. The first-order valence-electron chi connectivity index (χ1n) is 6.99. The Morgan fingerprint density at radius 3 is 2.75 bits per heavy atom. The van der Waals surface area contributed by atoms with Gasteiger partial charge in [0.1, 0.15) is 11.5 Å². The average molecular weight is 272 g/mol. The fourth-order valence-corrected chi connectivity index (χ4v) is 2.09. The summed E-state index contributed by atoms with van der Waals surface area (Å²) in [6, 6.07) is 9.95. The fourth-order valence-electron chi connectivity index (χ4n) is 2.09. The van der Waals surface area contributed by atoms with Crippen molar-refractivity contribution >= 4 is 5.91 Å². The molecular formula is C16H20N2O2. The average Bonchev–Trinajstić information content (AvgIpc) is 2.81. The van der Waals surface area contributed by atoms with Gasteiger partial charge in [0.2, 0.25) is 5.91 Å².